The lowest BCUT2D eigenvalue weighted by Crippen LogP contribution is -2.22. The predicted molar refractivity (Wildman–Crippen MR) is 166 cm³/mol. The number of carboxylic acid groups (broad SMARTS) is 1. The van der Waals surface area contributed by atoms with Gasteiger partial charge in [-0.15, -0.1) is 10.2 Å². The summed E-state index contributed by atoms with van der Waals surface area (Å²) in [5, 5.41) is 28.2. The van der Waals surface area contributed by atoms with E-state index < -0.39 is 5.97 Å². The molecule has 13 heteroatoms. The van der Waals surface area contributed by atoms with E-state index in [1.807, 2.05) is 22.8 Å². The van der Waals surface area contributed by atoms with Gasteiger partial charge in [0.2, 0.25) is 5.91 Å². The number of amides is 1. The van der Waals surface area contributed by atoms with Crippen molar-refractivity contribution in [1.29, 1.82) is 0 Å². The number of benzene rings is 2. The molecule has 222 valence electrons. The van der Waals surface area contributed by atoms with E-state index in [4.69, 9.17) is 23.2 Å². The Bertz CT molecular complexity index is 1620. The van der Waals surface area contributed by atoms with Crippen LogP contribution >= 0.6 is 35.0 Å². The number of nitrogens with one attached hydrogen (secondary N) is 1. The number of halogens is 2. The molecule has 4 aromatic rings. The Morgan fingerprint density at radius 1 is 0.976 bits per heavy atom. The SMILES string of the molecule is Cn1nc(Cc2nnc(SCCCCCCCC(=O)Nc3ccc(Cl)cc3Cl)n2CCC(=O)O)c2ccccc2c1=O. The summed E-state index contributed by atoms with van der Waals surface area (Å²) in [6, 6.07) is 12.3. The van der Waals surface area contributed by atoms with Crippen molar-refractivity contribution in [3.8, 4) is 0 Å². The van der Waals surface area contributed by atoms with Crippen LogP contribution < -0.4 is 10.9 Å². The Labute approximate surface area is 257 Å². The molecule has 1 amide bonds. The zero-order valence-electron chi connectivity index (χ0n) is 23.2. The van der Waals surface area contributed by atoms with Crippen molar-refractivity contribution >= 4 is 63.3 Å². The third-order valence-electron chi connectivity index (χ3n) is 6.69. The number of aliphatic carboxylic acids is 1. The summed E-state index contributed by atoms with van der Waals surface area (Å²) < 4.78 is 3.15. The van der Waals surface area contributed by atoms with Crippen molar-refractivity contribution in [3.05, 3.63) is 74.4 Å². The molecule has 0 saturated carbocycles. The van der Waals surface area contributed by atoms with Crippen LogP contribution in [0.15, 0.2) is 52.4 Å². The minimum atomic E-state index is -0.902. The van der Waals surface area contributed by atoms with Crippen molar-refractivity contribution in [1.82, 2.24) is 24.5 Å². The fourth-order valence-electron chi connectivity index (χ4n) is 4.53. The minimum Gasteiger partial charge on any atom is -0.481 e. The fraction of sp³-hybridized carbons (Fsp3) is 0.379. The van der Waals surface area contributed by atoms with E-state index in [2.05, 4.69) is 20.6 Å². The first-order chi connectivity index (χ1) is 20.2. The molecular formula is C29H32Cl2N6O4S. The lowest BCUT2D eigenvalue weighted by atomic mass is 10.1. The van der Waals surface area contributed by atoms with Crippen LogP contribution in [0.4, 0.5) is 5.69 Å². The number of carboxylic acids is 1. The van der Waals surface area contributed by atoms with Crippen LogP contribution in [0.1, 0.15) is 56.5 Å². The van der Waals surface area contributed by atoms with Gasteiger partial charge in [0.05, 0.1) is 34.6 Å². The van der Waals surface area contributed by atoms with Gasteiger partial charge in [-0.1, -0.05) is 72.4 Å². The van der Waals surface area contributed by atoms with Crippen LogP contribution in [0.2, 0.25) is 10.0 Å². The number of fused-ring (bicyclic) bond motifs is 1. The van der Waals surface area contributed by atoms with Gasteiger partial charge >= 0.3 is 5.97 Å². The average molecular weight is 632 g/mol. The largest absolute Gasteiger partial charge is 0.481 e. The number of anilines is 1. The number of nitrogens with zero attached hydrogens (tertiary/aromatic N) is 5. The van der Waals surface area contributed by atoms with Crippen molar-refractivity contribution in [2.24, 2.45) is 7.05 Å². The lowest BCUT2D eigenvalue weighted by molar-refractivity contribution is -0.137. The van der Waals surface area contributed by atoms with Crippen molar-refractivity contribution in [2.75, 3.05) is 11.1 Å². The number of unbranched alkanes of at least 4 members (excludes halogenated alkanes) is 4. The predicted octanol–water partition coefficient (Wildman–Crippen LogP) is 5.97. The molecule has 2 N–H and O–H groups in total. The van der Waals surface area contributed by atoms with Crippen LogP contribution in [0, 0.1) is 0 Å². The Morgan fingerprint density at radius 2 is 1.71 bits per heavy atom. The van der Waals surface area contributed by atoms with Crippen molar-refractivity contribution < 1.29 is 14.7 Å². The maximum Gasteiger partial charge on any atom is 0.305 e. The average Bonchev–Trinajstić information content (AvgIpc) is 3.34. The maximum atomic E-state index is 12.5. The number of carbonyl (C=O) groups excluding carboxylic acids is 1. The highest BCUT2D eigenvalue weighted by molar-refractivity contribution is 7.99. The Balaban J connectivity index is 1.26. The van der Waals surface area contributed by atoms with E-state index in [0.717, 1.165) is 43.2 Å². The minimum absolute atomic E-state index is 0.0577. The molecule has 0 saturated heterocycles. The highest BCUT2D eigenvalue weighted by Crippen LogP contribution is 2.26. The standard InChI is InChI=1S/C29H32Cl2N6O4S/c1-36-28(41)21-10-7-6-9-20(21)24(35-36)18-25-33-34-29(37(25)15-14-27(39)40)42-16-8-4-2-3-5-11-26(38)32-23-13-12-19(30)17-22(23)31/h6-7,9-10,12-13,17H,2-5,8,11,14-16,18H2,1H3,(H,32,38)(H,39,40). The summed E-state index contributed by atoms with van der Waals surface area (Å²) >= 11 is 13.5. The van der Waals surface area contributed by atoms with Crippen LogP contribution in [0.25, 0.3) is 10.8 Å². The van der Waals surface area contributed by atoms with Gasteiger partial charge < -0.3 is 15.0 Å². The molecular weight excluding hydrogens is 599 g/mol. The first-order valence-corrected chi connectivity index (χ1v) is 15.4. The van der Waals surface area contributed by atoms with E-state index in [9.17, 15) is 19.5 Å². The molecule has 2 aromatic heterocycles. The Morgan fingerprint density at radius 3 is 2.48 bits per heavy atom. The number of carbonyl (C=O) groups is 2. The second kappa shape index (κ2) is 15.2. The van der Waals surface area contributed by atoms with Crippen LogP contribution in [0.3, 0.4) is 0 Å². The van der Waals surface area contributed by atoms with E-state index in [1.54, 1.807) is 43.1 Å². The van der Waals surface area contributed by atoms with Gasteiger partial charge in [-0.3, -0.25) is 14.4 Å². The van der Waals surface area contributed by atoms with E-state index in [1.165, 1.54) is 4.68 Å². The summed E-state index contributed by atoms with van der Waals surface area (Å²) in [6.07, 6.45) is 5.35. The third kappa shape index (κ3) is 8.56. The van der Waals surface area contributed by atoms with E-state index >= 15 is 0 Å². The molecule has 10 nitrogen and oxygen atoms in total. The van der Waals surface area contributed by atoms with Gasteiger partial charge in [-0.2, -0.15) is 5.10 Å². The maximum absolute atomic E-state index is 12.5. The molecule has 0 aliphatic carbocycles. The van der Waals surface area contributed by atoms with Crippen LogP contribution in [0.5, 0.6) is 0 Å². The topological polar surface area (TPSA) is 132 Å². The molecule has 4 rings (SSSR count). The quantitative estimate of drug-likeness (QED) is 0.121. The van der Waals surface area contributed by atoms with Gasteiger partial charge in [0, 0.05) is 36.2 Å². The van der Waals surface area contributed by atoms with E-state index in [-0.39, 0.29) is 24.4 Å². The summed E-state index contributed by atoms with van der Waals surface area (Å²) in [7, 11) is 1.61. The molecule has 0 fully saturated rings. The molecule has 0 aliphatic rings. The number of hydrogen-bond acceptors (Lipinski definition) is 7. The second-order valence-corrected chi connectivity index (χ2v) is 11.7. The smallest absolute Gasteiger partial charge is 0.305 e. The molecule has 2 heterocycles. The monoisotopic (exact) mass is 630 g/mol. The molecule has 0 bridgehead atoms. The Kier molecular flexibility index (Phi) is 11.4. The van der Waals surface area contributed by atoms with Gasteiger partial charge in [-0.25, -0.2) is 4.68 Å². The van der Waals surface area contributed by atoms with Gasteiger partial charge in [0.1, 0.15) is 5.82 Å². The number of aryl methyl sites for hydroxylation is 1. The van der Waals surface area contributed by atoms with Gasteiger partial charge in [0.25, 0.3) is 5.56 Å². The first-order valence-electron chi connectivity index (χ1n) is 13.7. The summed E-state index contributed by atoms with van der Waals surface area (Å²) in [5.74, 6) is 0.434. The van der Waals surface area contributed by atoms with Gasteiger partial charge in [-0.05, 0) is 37.1 Å². The normalized spacial score (nSPS) is 11.2. The lowest BCUT2D eigenvalue weighted by Gasteiger charge is -2.11. The van der Waals surface area contributed by atoms with Crippen LogP contribution in [-0.2, 0) is 29.6 Å². The first kappa shape index (κ1) is 31.5. The number of thioether (sulfide) groups is 1. The van der Waals surface area contributed by atoms with Crippen molar-refractivity contribution in [3.63, 3.8) is 0 Å². The molecule has 0 aliphatic heterocycles. The summed E-state index contributed by atoms with van der Waals surface area (Å²) in [6.45, 7) is 0.243. The highest BCUT2D eigenvalue weighted by atomic mass is 35.5. The number of rotatable bonds is 15. The highest BCUT2D eigenvalue weighted by Gasteiger charge is 2.17. The molecule has 2 aromatic carbocycles. The van der Waals surface area contributed by atoms with E-state index in [0.29, 0.717) is 50.6 Å². The fourth-order valence-corrected chi connectivity index (χ4v) is 5.97. The number of aromatic nitrogens is 5. The molecule has 0 atom stereocenters. The van der Waals surface area contributed by atoms with Crippen LogP contribution in [-0.4, -0.2) is 47.3 Å². The molecule has 0 radical (unpaired) electrons. The van der Waals surface area contributed by atoms with Gasteiger partial charge in [0.15, 0.2) is 5.16 Å². The summed E-state index contributed by atoms with van der Waals surface area (Å²) in [5.41, 5.74) is 1.06. The molecule has 0 unspecified atom stereocenters. The molecule has 0 spiro atoms. The van der Waals surface area contributed by atoms with Crippen molar-refractivity contribution in [2.45, 2.75) is 63.1 Å². The Hall–Kier alpha value is -3.41. The number of hydrogen-bond donors (Lipinski definition) is 2. The second-order valence-electron chi connectivity index (χ2n) is 9.83. The zero-order valence-corrected chi connectivity index (χ0v) is 25.5. The molecule has 42 heavy (non-hydrogen) atoms. The third-order valence-corrected chi connectivity index (χ3v) is 8.29. The zero-order chi connectivity index (χ0) is 30.1. The summed E-state index contributed by atoms with van der Waals surface area (Å²) in [4.78, 5) is 36.0.